The molecule has 0 aliphatic carbocycles. The fraction of sp³-hybridized carbons (Fsp3) is 0.692. The largest absolute Gasteiger partial charge is 0.391 e. The summed E-state index contributed by atoms with van der Waals surface area (Å²) in [6.45, 7) is 10.8. The zero-order chi connectivity index (χ0) is 14.1. The summed E-state index contributed by atoms with van der Waals surface area (Å²) in [5.74, 6) is 0.399. The second-order valence-electron chi connectivity index (χ2n) is 5.51. The fourth-order valence-electron chi connectivity index (χ4n) is 1.52. The van der Waals surface area contributed by atoms with Crippen LogP contribution in [-0.4, -0.2) is 27.8 Å². The maximum absolute atomic E-state index is 12.2. The van der Waals surface area contributed by atoms with Crippen molar-refractivity contribution in [1.29, 1.82) is 0 Å². The highest BCUT2D eigenvalue weighted by Gasteiger charge is 2.30. The number of aliphatic hydroxyl groups is 1. The van der Waals surface area contributed by atoms with Crippen molar-refractivity contribution in [3.63, 3.8) is 0 Å². The number of aromatic nitrogens is 1. The Bertz CT molecular complexity index is 433. The average molecular weight is 254 g/mol. The van der Waals surface area contributed by atoms with E-state index in [1.165, 1.54) is 0 Å². The number of amides is 1. The van der Waals surface area contributed by atoms with Crippen molar-refractivity contribution in [2.75, 3.05) is 0 Å². The number of hydrogen-bond donors (Lipinski definition) is 2. The molecule has 1 aromatic rings. The van der Waals surface area contributed by atoms with E-state index in [0.717, 1.165) is 0 Å². The van der Waals surface area contributed by atoms with Gasteiger partial charge in [-0.1, -0.05) is 19.0 Å². The molecule has 0 saturated carbocycles. The van der Waals surface area contributed by atoms with Crippen molar-refractivity contribution in [1.82, 2.24) is 10.5 Å². The Morgan fingerprint density at radius 2 is 1.94 bits per heavy atom. The SMILES string of the molecule is Cc1noc(C(C)C)c1C(=O)NC(C)(C)C(C)O. The minimum absolute atomic E-state index is 0.0848. The number of hydrogen-bond acceptors (Lipinski definition) is 4. The van der Waals surface area contributed by atoms with Gasteiger partial charge in [0.15, 0.2) is 5.76 Å². The van der Waals surface area contributed by atoms with Crippen molar-refractivity contribution in [2.24, 2.45) is 0 Å². The zero-order valence-corrected chi connectivity index (χ0v) is 11.9. The third-order valence-corrected chi connectivity index (χ3v) is 3.12. The van der Waals surface area contributed by atoms with Crippen molar-refractivity contribution in [3.05, 3.63) is 17.0 Å². The molecule has 0 aliphatic rings. The van der Waals surface area contributed by atoms with Gasteiger partial charge >= 0.3 is 0 Å². The first-order valence-electron chi connectivity index (χ1n) is 6.13. The van der Waals surface area contributed by atoms with E-state index in [1.807, 2.05) is 13.8 Å². The van der Waals surface area contributed by atoms with Gasteiger partial charge in [0.25, 0.3) is 5.91 Å². The van der Waals surface area contributed by atoms with Gasteiger partial charge in [0, 0.05) is 5.92 Å². The number of nitrogens with one attached hydrogen (secondary N) is 1. The van der Waals surface area contributed by atoms with E-state index in [2.05, 4.69) is 10.5 Å². The second kappa shape index (κ2) is 5.10. The molecule has 1 atom stereocenters. The quantitative estimate of drug-likeness (QED) is 0.861. The minimum Gasteiger partial charge on any atom is -0.391 e. The smallest absolute Gasteiger partial charge is 0.257 e. The molecule has 0 aliphatic heterocycles. The first-order valence-corrected chi connectivity index (χ1v) is 6.13. The number of carbonyl (C=O) groups is 1. The first kappa shape index (κ1) is 14.7. The van der Waals surface area contributed by atoms with Gasteiger partial charge in [-0.3, -0.25) is 4.79 Å². The summed E-state index contributed by atoms with van der Waals surface area (Å²) in [6, 6.07) is 0. The molecule has 2 N–H and O–H groups in total. The van der Waals surface area contributed by atoms with Crippen LogP contribution in [0, 0.1) is 6.92 Å². The Hall–Kier alpha value is -1.36. The molecule has 1 amide bonds. The van der Waals surface area contributed by atoms with Gasteiger partial charge in [0.1, 0.15) is 5.56 Å². The van der Waals surface area contributed by atoms with Gasteiger partial charge in [-0.25, -0.2) is 0 Å². The predicted octanol–water partition coefficient (Wildman–Crippen LogP) is 2.00. The maximum Gasteiger partial charge on any atom is 0.257 e. The lowest BCUT2D eigenvalue weighted by molar-refractivity contribution is 0.0707. The van der Waals surface area contributed by atoms with Crippen molar-refractivity contribution < 1.29 is 14.4 Å². The normalized spacial score (nSPS) is 13.8. The summed E-state index contributed by atoms with van der Waals surface area (Å²) in [5, 5.41) is 16.3. The molecular weight excluding hydrogens is 232 g/mol. The van der Waals surface area contributed by atoms with Crippen LogP contribution >= 0.6 is 0 Å². The number of aryl methyl sites for hydroxylation is 1. The molecule has 0 spiro atoms. The molecule has 0 radical (unpaired) electrons. The molecule has 1 aromatic heterocycles. The maximum atomic E-state index is 12.2. The van der Waals surface area contributed by atoms with Gasteiger partial charge in [-0.15, -0.1) is 0 Å². The van der Waals surface area contributed by atoms with E-state index < -0.39 is 11.6 Å². The lowest BCUT2D eigenvalue weighted by Crippen LogP contribution is -2.51. The lowest BCUT2D eigenvalue weighted by Gasteiger charge is -2.29. The lowest BCUT2D eigenvalue weighted by atomic mass is 9.97. The average Bonchev–Trinajstić information content (AvgIpc) is 2.59. The van der Waals surface area contributed by atoms with Crippen molar-refractivity contribution in [2.45, 2.75) is 59.1 Å². The molecule has 0 bridgehead atoms. The first-order chi connectivity index (χ1) is 8.16. The van der Waals surface area contributed by atoms with Crippen LogP contribution in [0.1, 0.15) is 62.3 Å². The summed E-state index contributed by atoms with van der Waals surface area (Å²) in [4.78, 5) is 12.2. The highest BCUT2D eigenvalue weighted by molar-refractivity contribution is 5.96. The summed E-state index contributed by atoms with van der Waals surface area (Å²) in [5.41, 5.74) is 0.339. The highest BCUT2D eigenvalue weighted by atomic mass is 16.5. The molecule has 0 saturated heterocycles. The van der Waals surface area contributed by atoms with E-state index in [1.54, 1.807) is 27.7 Å². The van der Waals surface area contributed by atoms with E-state index in [-0.39, 0.29) is 11.8 Å². The van der Waals surface area contributed by atoms with E-state index in [0.29, 0.717) is 17.0 Å². The van der Waals surface area contributed by atoms with Gasteiger partial charge in [0.2, 0.25) is 0 Å². The molecule has 1 unspecified atom stereocenters. The van der Waals surface area contributed by atoms with Crippen LogP contribution in [0.2, 0.25) is 0 Å². The Morgan fingerprint density at radius 3 is 2.39 bits per heavy atom. The van der Waals surface area contributed by atoms with Crippen molar-refractivity contribution in [3.8, 4) is 0 Å². The van der Waals surface area contributed by atoms with Crippen LogP contribution in [0.5, 0.6) is 0 Å². The van der Waals surface area contributed by atoms with Gasteiger partial charge in [-0.05, 0) is 27.7 Å². The molecule has 1 heterocycles. The molecule has 0 aromatic carbocycles. The Labute approximate surface area is 108 Å². The fourth-order valence-corrected chi connectivity index (χ4v) is 1.52. The summed E-state index contributed by atoms with van der Waals surface area (Å²) < 4.78 is 5.18. The van der Waals surface area contributed by atoms with Crippen LogP contribution in [0.4, 0.5) is 0 Å². The van der Waals surface area contributed by atoms with Crippen LogP contribution in [-0.2, 0) is 0 Å². The number of rotatable bonds is 4. The van der Waals surface area contributed by atoms with E-state index >= 15 is 0 Å². The van der Waals surface area contributed by atoms with Crippen LogP contribution in [0.15, 0.2) is 4.52 Å². The number of aliphatic hydroxyl groups excluding tert-OH is 1. The zero-order valence-electron chi connectivity index (χ0n) is 11.9. The summed E-state index contributed by atoms with van der Waals surface area (Å²) in [6.07, 6.45) is -0.649. The monoisotopic (exact) mass is 254 g/mol. The standard InChI is InChI=1S/C13H22N2O3/c1-7(2)11-10(8(3)15-18-11)12(17)14-13(5,6)9(4)16/h7,9,16H,1-6H3,(H,14,17). The molecule has 18 heavy (non-hydrogen) atoms. The second-order valence-corrected chi connectivity index (χ2v) is 5.51. The van der Waals surface area contributed by atoms with Crippen molar-refractivity contribution >= 4 is 5.91 Å². The third kappa shape index (κ3) is 2.90. The molecule has 5 nitrogen and oxygen atoms in total. The number of carbonyl (C=O) groups excluding carboxylic acids is 1. The van der Waals surface area contributed by atoms with E-state index in [4.69, 9.17) is 4.52 Å². The topological polar surface area (TPSA) is 75.4 Å². The highest BCUT2D eigenvalue weighted by Crippen LogP contribution is 2.23. The van der Waals surface area contributed by atoms with E-state index in [9.17, 15) is 9.90 Å². The van der Waals surface area contributed by atoms with Crippen LogP contribution in [0.3, 0.4) is 0 Å². The Morgan fingerprint density at radius 1 is 1.39 bits per heavy atom. The number of nitrogens with zero attached hydrogens (tertiary/aromatic N) is 1. The summed E-state index contributed by atoms with van der Waals surface area (Å²) >= 11 is 0. The Kier molecular flexibility index (Phi) is 4.16. The summed E-state index contributed by atoms with van der Waals surface area (Å²) in [7, 11) is 0. The Balaban J connectivity index is 3.02. The van der Waals surface area contributed by atoms with Crippen LogP contribution < -0.4 is 5.32 Å². The minimum atomic E-state index is -0.699. The molecular formula is C13H22N2O3. The third-order valence-electron chi connectivity index (χ3n) is 3.12. The molecule has 102 valence electrons. The van der Waals surface area contributed by atoms with Gasteiger partial charge < -0.3 is 14.9 Å². The van der Waals surface area contributed by atoms with Crippen LogP contribution in [0.25, 0.3) is 0 Å². The molecule has 0 fully saturated rings. The molecule has 1 rings (SSSR count). The predicted molar refractivity (Wildman–Crippen MR) is 68.6 cm³/mol. The van der Waals surface area contributed by atoms with Gasteiger partial charge in [0.05, 0.1) is 17.3 Å². The molecule has 5 heteroatoms. The van der Waals surface area contributed by atoms with Gasteiger partial charge in [-0.2, -0.15) is 0 Å².